The third-order valence-corrected chi connectivity index (χ3v) is 5.77. The third kappa shape index (κ3) is 4.14. The Balaban J connectivity index is 1.63. The van der Waals surface area contributed by atoms with Gasteiger partial charge in [-0.25, -0.2) is 9.97 Å². The molecular formula is C26H29N7O. The van der Waals surface area contributed by atoms with Gasteiger partial charge in [0.25, 0.3) is 0 Å². The van der Waals surface area contributed by atoms with Crippen LogP contribution in [0.4, 0.5) is 0 Å². The first kappa shape index (κ1) is 23.1. The van der Waals surface area contributed by atoms with Crippen LogP contribution in [0.15, 0.2) is 77.1 Å². The molecule has 1 atom stereocenters. The maximum absolute atomic E-state index is 8.79. The summed E-state index contributed by atoms with van der Waals surface area (Å²) in [4.78, 5) is 10.8. The van der Waals surface area contributed by atoms with Gasteiger partial charge in [-0.05, 0) is 50.5 Å². The Labute approximate surface area is 199 Å². The average molecular weight is 456 g/mol. The monoisotopic (exact) mass is 455 g/mol. The van der Waals surface area contributed by atoms with Crippen LogP contribution in [0, 0.1) is 12.3 Å². The number of nitrogens with one attached hydrogen (secondary N) is 1. The molecule has 0 unspecified atom stereocenters. The molecule has 3 heterocycles. The van der Waals surface area contributed by atoms with E-state index >= 15 is 0 Å². The van der Waals surface area contributed by atoms with Crippen LogP contribution in [0.2, 0.25) is 0 Å². The molecule has 8 nitrogen and oxygen atoms in total. The molecule has 8 heteroatoms. The largest absolute Gasteiger partial charge is 0.479 e. The molecular weight excluding hydrogens is 426 g/mol. The van der Waals surface area contributed by atoms with Crippen molar-refractivity contribution in [1.29, 1.82) is 5.41 Å². The van der Waals surface area contributed by atoms with E-state index in [1.807, 2.05) is 66.8 Å². The lowest BCUT2D eigenvalue weighted by Gasteiger charge is -2.26. The van der Waals surface area contributed by atoms with E-state index in [0.717, 1.165) is 34.5 Å². The van der Waals surface area contributed by atoms with Gasteiger partial charge in [-0.15, -0.1) is 10.2 Å². The van der Waals surface area contributed by atoms with Gasteiger partial charge in [0.2, 0.25) is 5.88 Å². The molecule has 1 aromatic carbocycles. The number of aryl methyl sites for hydroxylation is 1. The molecule has 2 aromatic heterocycles. The number of ether oxygens (including phenoxy) is 1. The zero-order valence-electron chi connectivity index (χ0n) is 20.2. The molecule has 0 radical (unpaired) electrons. The molecule has 34 heavy (non-hydrogen) atoms. The van der Waals surface area contributed by atoms with E-state index in [9.17, 15) is 0 Å². The minimum atomic E-state index is 0.0388. The van der Waals surface area contributed by atoms with E-state index in [1.54, 1.807) is 13.4 Å². The van der Waals surface area contributed by atoms with Crippen LogP contribution >= 0.6 is 0 Å². The molecule has 3 aromatic rings. The molecule has 0 saturated carbocycles. The summed E-state index contributed by atoms with van der Waals surface area (Å²) in [6.45, 7) is 12.1. The van der Waals surface area contributed by atoms with E-state index in [0.29, 0.717) is 28.9 Å². The van der Waals surface area contributed by atoms with Gasteiger partial charge in [0.15, 0.2) is 5.82 Å². The summed E-state index contributed by atoms with van der Waals surface area (Å²) >= 11 is 0. The second kappa shape index (κ2) is 9.43. The van der Waals surface area contributed by atoms with E-state index in [4.69, 9.17) is 10.1 Å². The van der Waals surface area contributed by atoms with Crippen LogP contribution < -0.4 is 4.74 Å². The minimum Gasteiger partial charge on any atom is -0.479 e. The van der Waals surface area contributed by atoms with E-state index in [2.05, 4.69) is 39.8 Å². The maximum Gasteiger partial charge on any atom is 0.238 e. The summed E-state index contributed by atoms with van der Waals surface area (Å²) < 4.78 is 7.36. The molecule has 174 valence electrons. The molecule has 0 bridgehead atoms. The van der Waals surface area contributed by atoms with Crippen LogP contribution in [0.5, 0.6) is 5.88 Å². The number of nitrogens with zero attached hydrogens (tertiary/aromatic N) is 6. The zero-order valence-corrected chi connectivity index (χ0v) is 20.2. The quantitative estimate of drug-likeness (QED) is 0.439. The molecule has 1 N–H and O–H groups in total. The predicted octanol–water partition coefficient (Wildman–Crippen LogP) is 6.05. The van der Waals surface area contributed by atoms with Crippen LogP contribution in [0.3, 0.4) is 0 Å². The van der Waals surface area contributed by atoms with Crippen molar-refractivity contribution in [3.05, 3.63) is 89.4 Å². The van der Waals surface area contributed by atoms with Crippen molar-refractivity contribution in [2.75, 3.05) is 7.11 Å². The lowest BCUT2D eigenvalue weighted by Crippen LogP contribution is -2.27. The Morgan fingerprint density at radius 3 is 2.59 bits per heavy atom. The van der Waals surface area contributed by atoms with Crippen LogP contribution in [0.1, 0.15) is 55.7 Å². The number of amidine groups is 1. The Morgan fingerprint density at radius 2 is 1.94 bits per heavy atom. The average Bonchev–Trinajstić information content (AvgIpc) is 3.39. The Kier molecular flexibility index (Phi) is 6.40. The molecule has 0 fully saturated rings. The first-order chi connectivity index (χ1) is 16.3. The number of benzene rings is 1. The number of allylic oxidation sites excluding steroid dienone is 1. The topological polar surface area (TPSA) is 91.8 Å². The molecule has 1 aliphatic heterocycles. The first-order valence-electron chi connectivity index (χ1n) is 11.2. The molecule has 0 saturated heterocycles. The Hall–Kier alpha value is -4.07. The smallest absolute Gasteiger partial charge is 0.238 e. The van der Waals surface area contributed by atoms with E-state index in [-0.39, 0.29) is 6.04 Å². The highest BCUT2D eigenvalue weighted by molar-refractivity contribution is 6.02. The minimum absolute atomic E-state index is 0.0388. The number of hydrogen-bond acceptors (Lipinski definition) is 6. The summed E-state index contributed by atoms with van der Waals surface area (Å²) in [6, 6.07) is 11.8. The predicted molar refractivity (Wildman–Crippen MR) is 133 cm³/mol. The number of aromatic nitrogens is 3. The van der Waals surface area contributed by atoms with Gasteiger partial charge < -0.3 is 14.2 Å². The summed E-state index contributed by atoms with van der Waals surface area (Å²) in [6.07, 6.45) is 4.47. The zero-order chi connectivity index (χ0) is 24.4. The fourth-order valence-electron chi connectivity index (χ4n) is 4.13. The summed E-state index contributed by atoms with van der Waals surface area (Å²) in [7, 11) is 1.58. The van der Waals surface area contributed by atoms with Gasteiger partial charge in [-0.2, -0.15) is 0 Å². The molecule has 0 aliphatic carbocycles. The van der Waals surface area contributed by atoms with Crippen LogP contribution in [-0.2, 0) is 0 Å². The highest BCUT2D eigenvalue weighted by Gasteiger charge is 2.35. The van der Waals surface area contributed by atoms with Gasteiger partial charge in [0.05, 0.1) is 30.9 Å². The summed E-state index contributed by atoms with van der Waals surface area (Å²) in [5, 5.41) is 17.7. The van der Waals surface area contributed by atoms with Crippen molar-refractivity contribution < 1.29 is 4.74 Å². The summed E-state index contributed by atoms with van der Waals surface area (Å²) in [5.74, 6) is 1.52. The lowest BCUT2D eigenvalue weighted by molar-refractivity contribution is 0.380. The third-order valence-electron chi connectivity index (χ3n) is 5.77. The van der Waals surface area contributed by atoms with Crippen molar-refractivity contribution >= 4 is 11.5 Å². The normalized spacial score (nSPS) is 15.0. The Bertz CT molecular complexity index is 1310. The van der Waals surface area contributed by atoms with Crippen LogP contribution in [0.25, 0.3) is 11.4 Å². The number of imidazole rings is 1. The van der Waals surface area contributed by atoms with Crippen molar-refractivity contribution in [3.8, 4) is 11.6 Å². The number of methoxy groups -OCH3 is 1. The van der Waals surface area contributed by atoms with Gasteiger partial charge >= 0.3 is 0 Å². The van der Waals surface area contributed by atoms with Gasteiger partial charge in [0.1, 0.15) is 17.2 Å². The summed E-state index contributed by atoms with van der Waals surface area (Å²) in [5.41, 5.74) is 5.67. The van der Waals surface area contributed by atoms with Gasteiger partial charge in [-0.3, -0.25) is 5.41 Å². The van der Waals surface area contributed by atoms with E-state index in [1.165, 1.54) is 0 Å². The Morgan fingerprint density at radius 1 is 1.18 bits per heavy atom. The van der Waals surface area contributed by atoms with Crippen molar-refractivity contribution in [2.24, 2.45) is 10.2 Å². The van der Waals surface area contributed by atoms with Crippen LogP contribution in [-0.4, -0.2) is 32.4 Å². The molecule has 0 spiro atoms. The maximum atomic E-state index is 8.79. The standard InChI is InChI=1S/C26H29N7O/c1-7-22-19-10-8-9-11-20(19)24(27)33(22)25(16(2)3)31-30-18(5)21-12-13-23(26(29-21)34-6)32-14-17(4)28-15-32/h8-15,22,27H,5,7H2,1-4,6H3/b27-24?,31-30-/t22-/m0/s1. The first-order valence-corrected chi connectivity index (χ1v) is 11.2. The van der Waals surface area contributed by atoms with E-state index < -0.39 is 0 Å². The lowest BCUT2D eigenvalue weighted by atomic mass is 10.0. The highest BCUT2D eigenvalue weighted by Crippen LogP contribution is 2.39. The second-order valence-corrected chi connectivity index (χ2v) is 8.35. The van der Waals surface area contributed by atoms with Gasteiger partial charge in [-0.1, -0.05) is 37.8 Å². The molecule has 0 amide bonds. The van der Waals surface area contributed by atoms with Crippen molar-refractivity contribution in [3.63, 3.8) is 0 Å². The van der Waals surface area contributed by atoms with Crippen molar-refractivity contribution in [1.82, 2.24) is 19.4 Å². The highest BCUT2D eigenvalue weighted by atomic mass is 16.5. The fraction of sp³-hybridized carbons (Fsp3) is 0.269. The molecule has 1 aliphatic rings. The van der Waals surface area contributed by atoms with Gasteiger partial charge in [0, 0.05) is 11.8 Å². The SMILES string of the molecule is C=C(/N=N\C(=C(C)C)N1C(=N)c2ccccc2[C@@H]1CC)c1ccc(-n2cnc(C)c2)c(OC)n1. The fourth-order valence-corrected chi connectivity index (χ4v) is 4.13. The number of hydrogen-bond donors (Lipinski definition) is 1. The number of rotatable bonds is 7. The number of fused-ring (bicyclic) bond motifs is 1. The number of azo groups is 1. The molecule has 4 rings (SSSR count). The second-order valence-electron chi connectivity index (χ2n) is 8.35. The number of pyridine rings is 1. The van der Waals surface area contributed by atoms with Crippen molar-refractivity contribution in [2.45, 2.75) is 40.2 Å².